The van der Waals surface area contributed by atoms with Crippen LogP contribution < -0.4 is 16.8 Å². The monoisotopic (exact) mass is 685 g/mol. The van der Waals surface area contributed by atoms with Crippen LogP contribution in [0.4, 0.5) is 5.13 Å². The predicted octanol–water partition coefficient (Wildman–Crippen LogP) is 0.886. The second kappa shape index (κ2) is 14.6. The van der Waals surface area contributed by atoms with Crippen LogP contribution in [0.5, 0.6) is 0 Å². The van der Waals surface area contributed by atoms with E-state index in [1.807, 2.05) is 6.92 Å². The summed E-state index contributed by atoms with van der Waals surface area (Å²) >= 11 is 5.01. The molecule has 1 fully saturated rings. The Morgan fingerprint density at radius 3 is 2.64 bits per heavy atom. The Bertz CT molecular complexity index is 1470. The molecular weight excluding hydrogens is 655 g/mol. The zero-order chi connectivity index (χ0) is 32.0. The van der Waals surface area contributed by atoms with Crippen LogP contribution in [0.1, 0.15) is 38.0 Å². The number of hydrogen-bond donors (Lipinski definition) is 3. The first-order chi connectivity index (χ1) is 20.9. The van der Waals surface area contributed by atoms with Crippen LogP contribution in [0.15, 0.2) is 20.8 Å². The molecule has 16 nitrogen and oxygen atoms in total. The van der Waals surface area contributed by atoms with Crippen LogP contribution in [-0.2, 0) is 33.5 Å². The molecule has 4 heterocycles. The standard InChI is InChI=1S/C24H31N9O7S4/c1-11-29-30-23(43-11)42-9-12-8-41-19-14(18(35)33(19)15(12)20(36)38-10-39-21(37)24(2,3)4)27-17(34)13(31-40-7-5-6-25)16-28-22(26)44-32-16/h14,19H,5-10,25H2,1-4H3,(H,27,34)(H2,26,28,32)/b31-13+/t14?,19-/m1/s1. The lowest BCUT2D eigenvalue weighted by atomic mass is 9.98. The maximum atomic E-state index is 13.5. The minimum atomic E-state index is -1.00. The van der Waals surface area contributed by atoms with Gasteiger partial charge in [-0.1, -0.05) is 28.3 Å². The third kappa shape index (κ3) is 8.03. The van der Waals surface area contributed by atoms with Crippen molar-refractivity contribution in [2.75, 3.05) is 37.2 Å². The van der Waals surface area contributed by atoms with Gasteiger partial charge in [0.15, 0.2) is 9.47 Å². The van der Waals surface area contributed by atoms with E-state index in [1.54, 1.807) is 20.8 Å². The lowest BCUT2D eigenvalue weighted by Crippen LogP contribution is -2.71. The van der Waals surface area contributed by atoms with E-state index in [1.165, 1.54) is 39.8 Å². The highest BCUT2D eigenvalue weighted by Gasteiger charge is 2.54. The van der Waals surface area contributed by atoms with E-state index in [0.717, 1.165) is 16.5 Å². The minimum absolute atomic E-state index is 0.0257. The van der Waals surface area contributed by atoms with Gasteiger partial charge in [-0.15, -0.1) is 22.0 Å². The zero-order valence-electron chi connectivity index (χ0n) is 24.2. The number of carbonyl (C=O) groups excluding carboxylic acids is 4. The van der Waals surface area contributed by atoms with Crippen molar-refractivity contribution in [3.05, 3.63) is 22.1 Å². The highest BCUT2D eigenvalue weighted by atomic mass is 32.2. The van der Waals surface area contributed by atoms with Crippen molar-refractivity contribution in [3.63, 3.8) is 0 Å². The highest BCUT2D eigenvalue weighted by molar-refractivity contribution is 8.01. The number of amides is 2. The molecule has 2 amide bonds. The first-order valence-corrected chi connectivity index (χ1v) is 16.8. The largest absolute Gasteiger partial charge is 0.427 e. The van der Waals surface area contributed by atoms with Crippen molar-refractivity contribution in [2.45, 2.75) is 49.9 Å². The molecule has 20 heteroatoms. The van der Waals surface area contributed by atoms with E-state index >= 15 is 0 Å². The van der Waals surface area contributed by atoms with Crippen molar-refractivity contribution < 1.29 is 33.5 Å². The number of carbonyl (C=O) groups is 4. The number of hydrogen-bond acceptors (Lipinski definition) is 18. The Kier molecular flexibility index (Phi) is 11.2. The number of oxime groups is 1. The average molecular weight is 686 g/mol. The van der Waals surface area contributed by atoms with E-state index in [9.17, 15) is 19.2 Å². The summed E-state index contributed by atoms with van der Waals surface area (Å²) < 4.78 is 15.1. The van der Waals surface area contributed by atoms with Gasteiger partial charge in [-0.2, -0.15) is 9.36 Å². The van der Waals surface area contributed by atoms with E-state index in [-0.39, 0.29) is 29.0 Å². The Hall–Kier alpha value is -3.33. The van der Waals surface area contributed by atoms with Crippen molar-refractivity contribution in [2.24, 2.45) is 16.3 Å². The van der Waals surface area contributed by atoms with Crippen LogP contribution in [-0.4, -0.2) is 96.8 Å². The fraction of sp³-hybridized carbons (Fsp3) is 0.542. The normalized spacial score (nSPS) is 18.4. The molecule has 1 unspecified atom stereocenters. The Balaban J connectivity index is 1.51. The van der Waals surface area contributed by atoms with Gasteiger partial charge < -0.3 is 31.1 Å². The zero-order valence-corrected chi connectivity index (χ0v) is 27.5. The van der Waals surface area contributed by atoms with E-state index in [4.69, 9.17) is 25.8 Å². The molecule has 0 spiro atoms. The number of anilines is 1. The minimum Gasteiger partial charge on any atom is -0.427 e. The third-order valence-corrected chi connectivity index (χ3v) is 9.80. The van der Waals surface area contributed by atoms with Crippen molar-refractivity contribution in [1.82, 2.24) is 29.8 Å². The molecule has 0 aliphatic carbocycles. The molecule has 0 radical (unpaired) electrons. The average Bonchev–Trinajstić information content (AvgIpc) is 3.60. The molecule has 2 aromatic heterocycles. The Morgan fingerprint density at radius 2 is 2.00 bits per heavy atom. The fourth-order valence-electron chi connectivity index (χ4n) is 3.67. The molecule has 5 N–H and O–H groups in total. The molecule has 0 saturated carbocycles. The molecular formula is C24H31N9O7S4. The number of esters is 2. The Morgan fingerprint density at radius 1 is 1.23 bits per heavy atom. The third-order valence-electron chi connectivity index (χ3n) is 5.86. The second-order valence-corrected chi connectivity index (χ2v) is 14.6. The number of nitrogens with two attached hydrogens (primary N) is 2. The number of fused-ring (bicyclic) bond motifs is 1. The number of nitrogens with zero attached hydrogens (tertiary/aromatic N) is 6. The number of nitrogens with one attached hydrogen (secondary N) is 1. The van der Waals surface area contributed by atoms with E-state index in [0.29, 0.717) is 34.4 Å². The van der Waals surface area contributed by atoms with Gasteiger partial charge in [-0.05, 0) is 46.2 Å². The maximum Gasteiger partial charge on any atom is 0.357 e. The molecule has 0 bridgehead atoms. The summed E-state index contributed by atoms with van der Waals surface area (Å²) in [5, 5.41) is 14.9. The van der Waals surface area contributed by atoms with Gasteiger partial charge in [0, 0.05) is 23.0 Å². The SMILES string of the molecule is Cc1nnc(SCC2=C(C(=O)OCOC(=O)C(C)(C)C)N3C(=O)C(NC(=O)/C(=N/OCCCN)c4nsc(N)n4)[C@H]3SC2)s1. The van der Waals surface area contributed by atoms with E-state index < -0.39 is 47.4 Å². The molecule has 2 atom stereocenters. The molecule has 1 saturated heterocycles. The summed E-state index contributed by atoms with van der Waals surface area (Å²) in [5.41, 5.74) is 10.8. The van der Waals surface area contributed by atoms with Crippen molar-refractivity contribution in [3.8, 4) is 0 Å². The van der Waals surface area contributed by atoms with Crippen molar-refractivity contribution >= 4 is 81.0 Å². The second-order valence-electron chi connectivity index (χ2n) is 10.3. The molecule has 2 aliphatic heterocycles. The van der Waals surface area contributed by atoms with Crippen LogP contribution >= 0.6 is 46.4 Å². The topological polar surface area (TPSA) is 227 Å². The van der Waals surface area contributed by atoms with Gasteiger partial charge in [0.2, 0.25) is 18.3 Å². The number of thioether (sulfide) groups is 2. The van der Waals surface area contributed by atoms with Gasteiger partial charge in [-0.3, -0.25) is 19.3 Å². The van der Waals surface area contributed by atoms with Gasteiger partial charge in [-0.25, -0.2) is 4.79 Å². The van der Waals surface area contributed by atoms with Gasteiger partial charge in [0.25, 0.3) is 11.8 Å². The first kappa shape index (κ1) is 33.6. The number of rotatable bonds is 13. The summed E-state index contributed by atoms with van der Waals surface area (Å²) in [6, 6.07) is -1.00. The van der Waals surface area contributed by atoms with Gasteiger partial charge >= 0.3 is 11.9 Å². The molecule has 2 aromatic rings. The number of aryl methyl sites for hydroxylation is 1. The summed E-state index contributed by atoms with van der Waals surface area (Å²) in [7, 11) is 0. The molecule has 0 aromatic carbocycles. The van der Waals surface area contributed by atoms with E-state index in [2.05, 4.69) is 30.0 Å². The lowest BCUT2D eigenvalue weighted by molar-refractivity contribution is -0.173. The van der Waals surface area contributed by atoms with Crippen molar-refractivity contribution in [1.29, 1.82) is 0 Å². The summed E-state index contributed by atoms with van der Waals surface area (Å²) in [4.78, 5) is 62.7. The molecule has 4 rings (SSSR count). The predicted molar refractivity (Wildman–Crippen MR) is 164 cm³/mol. The number of β-lactam (4-membered cyclic amide) rings is 1. The number of nitrogen functional groups attached to an aromatic ring is 1. The molecule has 238 valence electrons. The van der Waals surface area contributed by atoms with Crippen LogP contribution in [0, 0.1) is 12.3 Å². The quantitative estimate of drug-likeness (QED) is 0.0506. The highest BCUT2D eigenvalue weighted by Crippen LogP contribution is 2.42. The van der Waals surface area contributed by atoms with Crippen LogP contribution in [0.25, 0.3) is 0 Å². The van der Waals surface area contributed by atoms with Gasteiger partial charge in [0.1, 0.15) is 28.7 Å². The first-order valence-electron chi connectivity index (χ1n) is 13.1. The summed E-state index contributed by atoms with van der Waals surface area (Å²) in [5.74, 6) is -2.07. The Labute approximate surface area is 268 Å². The lowest BCUT2D eigenvalue weighted by Gasteiger charge is -2.49. The van der Waals surface area contributed by atoms with Gasteiger partial charge in [0.05, 0.1) is 5.41 Å². The van der Waals surface area contributed by atoms with Crippen LogP contribution in [0.2, 0.25) is 0 Å². The summed E-state index contributed by atoms with van der Waals surface area (Å²) in [6.45, 7) is 6.73. The maximum absolute atomic E-state index is 13.5. The molecule has 44 heavy (non-hydrogen) atoms. The van der Waals surface area contributed by atoms with Crippen LogP contribution in [0.3, 0.4) is 0 Å². The smallest absolute Gasteiger partial charge is 0.357 e. The molecule has 2 aliphatic rings. The number of aromatic nitrogens is 4. The summed E-state index contributed by atoms with van der Waals surface area (Å²) in [6.07, 6.45) is 0.500. The fourth-order valence-corrected chi connectivity index (χ4v) is 7.41. The number of ether oxygens (including phenoxy) is 2.